The topological polar surface area (TPSA) is 120 Å². The van der Waals surface area contributed by atoms with E-state index in [0.717, 1.165) is 35.9 Å². The zero-order valence-electron chi connectivity index (χ0n) is 17.2. The van der Waals surface area contributed by atoms with Crippen LogP contribution in [0.25, 0.3) is 0 Å². The van der Waals surface area contributed by atoms with Gasteiger partial charge in [0.2, 0.25) is 11.8 Å². The molecule has 0 saturated carbocycles. The molecule has 0 atom stereocenters. The van der Waals surface area contributed by atoms with Crippen LogP contribution >= 0.6 is 11.8 Å². The van der Waals surface area contributed by atoms with Crippen molar-refractivity contribution in [2.45, 2.75) is 31.4 Å². The van der Waals surface area contributed by atoms with E-state index >= 15 is 0 Å². The third kappa shape index (κ3) is 6.29. The summed E-state index contributed by atoms with van der Waals surface area (Å²) < 4.78 is 10.8. The Morgan fingerprint density at radius 1 is 1.23 bits per heavy atom. The van der Waals surface area contributed by atoms with Crippen molar-refractivity contribution in [2.75, 3.05) is 18.2 Å². The molecule has 162 valence electrons. The van der Waals surface area contributed by atoms with Gasteiger partial charge in [0, 0.05) is 12.5 Å². The molecule has 31 heavy (non-hydrogen) atoms. The number of methoxy groups -OCH3 is 1. The summed E-state index contributed by atoms with van der Waals surface area (Å²) in [6, 6.07) is 12.1. The second kappa shape index (κ2) is 10.6. The zero-order chi connectivity index (χ0) is 22.2. The zero-order valence-corrected chi connectivity index (χ0v) is 18.0. The highest BCUT2D eigenvalue weighted by Crippen LogP contribution is 2.24. The first kappa shape index (κ1) is 22.3. The van der Waals surface area contributed by atoms with E-state index in [-0.39, 0.29) is 22.4 Å². The minimum atomic E-state index is -0.541. The van der Waals surface area contributed by atoms with Gasteiger partial charge in [-0.1, -0.05) is 36.0 Å². The van der Waals surface area contributed by atoms with Crippen molar-refractivity contribution in [2.24, 2.45) is 0 Å². The first-order valence-electron chi connectivity index (χ1n) is 9.58. The highest BCUT2D eigenvalue weighted by Gasteiger charge is 2.16. The van der Waals surface area contributed by atoms with Crippen molar-refractivity contribution < 1.29 is 18.9 Å². The van der Waals surface area contributed by atoms with Gasteiger partial charge in [0.25, 0.3) is 10.9 Å². The number of aryl methyl sites for hydroxylation is 3. The van der Waals surface area contributed by atoms with Crippen LogP contribution in [-0.2, 0) is 17.6 Å². The summed E-state index contributed by atoms with van der Waals surface area (Å²) in [5.41, 5.74) is 2.29. The molecule has 3 aromatic rings. The maximum Gasteiger partial charge on any atom is 0.292 e. The van der Waals surface area contributed by atoms with E-state index in [0.29, 0.717) is 12.3 Å². The first-order valence-corrected chi connectivity index (χ1v) is 10.6. The lowest BCUT2D eigenvalue weighted by molar-refractivity contribution is -0.383. The minimum absolute atomic E-state index is 0.00118. The lowest BCUT2D eigenvalue weighted by atomic mass is 10.1. The number of nitro groups is 1. The summed E-state index contributed by atoms with van der Waals surface area (Å²) in [7, 11) is 1.66. The van der Waals surface area contributed by atoms with Crippen LogP contribution < -0.4 is 10.1 Å². The Balaban J connectivity index is 1.45. The fourth-order valence-corrected chi connectivity index (χ4v) is 3.57. The lowest BCUT2D eigenvalue weighted by Gasteiger charge is -2.06. The summed E-state index contributed by atoms with van der Waals surface area (Å²) in [5, 5.41) is 21.8. The summed E-state index contributed by atoms with van der Waals surface area (Å²) in [4.78, 5) is 22.6. The number of thioether (sulfide) groups is 1. The molecular weight excluding hydrogens is 420 g/mol. The lowest BCUT2D eigenvalue weighted by Crippen LogP contribution is -2.15. The first-order chi connectivity index (χ1) is 15.0. The Labute approximate surface area is 183 Å². The van der Waals surface area contributed by atoms with Crippen molar-refractivity contribution in [3.63, 3.8) is 0 Å². The van der Waals surface area contributed by atoms with Gasteiger partial charge < -0.3 is 14.5 Å². The van der Waals surface area contributed by atoms with Gasteiger partial charge in [0.05, 0.1) is 17.8 Å². The van der Waals surface area contributed by atoms with Crippen LogP contribution in [0.3, 0.4) is 0 Å². The normalized spacial score (nSPS) is 10.6. The molecule has 0 unspecified atom stereocenters. The Kier molecular flexibility index (Phi) is 7.60. The van der Waals surface area contributed by atoms with Gasteiger partial charge in [-0.05, 0) is 43.0 Å². The number of carbonyl (C=O) groups is 1. The summed E-state index contributed by atoms with van der Waals surface area (Å²) in [6.07, 6.45) is 2.34. The van der Waals surface area contributed by atoms with Crippen LogP contribution in [0.2, 0.25) is 0 Å². The second-order valence-corrected chi connectivity index (χ2v) is 7.66. The molecule has 1 amide bonds. The van der Waals surface area contributed by atoms with Crippen LogP contribution in [-0.4, -0.2) is 33.9 Å². The fraction of sp³-hybridized carbons (Fsp3) is 0.286. The van der Waals surface area contributed by atoms with Gasteiger partial charge in [-0.15, -0.1) is 10.2 Å². The standard InChI is InChI=1S/C21H22N4O5S/c1-14-12-15(10-11-18(14)29-2)6-5-9-20-23-24-21(30-20)31-13-19(26)22-16-7-3-4-8-17(16)25(27)28/h3-4,7-8,10-12H,5-6,9,13H2,1-2H3,(H,22,26). The Morgan fingerprint density at radius 2 is 2.03 bits per heavy atom. The largest absolute Gasteiger partial charge is 0.496 e. The predicted octanol–water partition coefficient (Wildman–Crippen LogP) is 4.20. The molecule has 2 aromatic carbocycles. The quantitative estimate of drug-likeness (QED) is 0.282. The van der Waals surface area contributed by atoms with Crippen LogP contribution in [0, 0.1) is 17.0 Å². The number of amides is 1. The number of rotatable bonds is 10. The van der Waals surface area contributed by atoms with Gasteiger partial charge in [0.15, 0.2) is 0 Å². The smallest absolute Gasteiger partial charge is 0.292 e. The number of nitro benzene ring substituents is 1. The van der Waals surface area contributed by atoms with Crippen LogP contribution in [0.4, 0.5) is 11.4 Å². The molecule has 0 saturated heterocycles. The number of ether oxygens (including phenoxy) is 1. The molecule has 0 bridgehead atoms. The molecule has 3 rings (SSSR count). The summed E-state index contributed by atoms with van der Waals surface area (Å²) in [6.45, 7) is 2.01. The SMILES string of the molecule is COc1ccc(CCCc2nnc(SCC(=O)Nc3ccccc3[N+](=O)[O-])o2)cc1C. The molecule has 0 radical (unpaired) electrons. The van der Waals surface area contributed by atoms with E-state index in [1.165, 1.54) is 23.8 Å². The number of nitrogens with zero attached hydrogens (tertiary/aromatic N) is 3. The van der Waals surface area contributed by atoms with Gasteiger partial charge >= 0.3 is 0 Å². The van der Waals surface area contributed by atoms with Gasteiger partial charge in [-0.3, -0.25) is 14.9 Å². The second-order valence-electron chi connectivity index (χ2n) is 6.73. The summed E-state index contributed by atoms with van der Waals surface area (Å²) in [5.74, 6) is 0.979. The molecule has 0 aliphatic rings. The number of aromatic nitrogens is 2. The van der Waals surface area contributed by atoms with Crippen molar-refractivity contribution in [1.82, 2.24) is 10.2 Å². The van der Waals surface area contributed by atoms with Crippen molar-refractivity contribution >= 4 is 29.0 Å². The molecular formula is C21H22N4O5S. The number of carbonyl (C=O) groups excluding carboxylic acids is 1. The average Bonchev–Trinajstić information content (AvgIpc) is 3.20. The number of hydrogen-bond acceptors (Lipinski definition) is 8. The number of anilines is 1. The van der Waals surface area contributed by atoms with E-state index in [4.69, 9.17) is 9.15 Å². The maximum absolute atomic E-state index is 12.1. The minimum Gasteiger partial charge on any atom is -0.496 e. The molecule has 1 heterocycles. The number of hydrogen-bond donors (Lipinski definition) is 1. The van der Waals surface area contributed by atoms with Crippen LogP contribution in [0.5, 0.6) is 5.75 Å². The van der Waals surface area contributed by atoms with Gasteiger partial charge in [-0.25, -0.2) is 0 Å². The summed E-state index contributed by atoms with van der Waals surface area (Å²) >= 11 is 1.08. The monoisotopic (exact) mass is 442 g/mol. The highest BCUT2D eigenvalue weighted by atomic mass is 32.2. The maximum atomic E-state index is 12.1. The molecule has 9 nitrogen and oxygen atoms in total. The van der Waals surface area contributed by atoms with Crippen molar-refractivity contribution in [1.29, 1.82) is 0 Å². The van der Waals surface area contributed by atoms with E-state index in [2.05, 4.69) is 21.6 Å². The molecule has 0 spiro atoms. The molecule has 1 N–H and O–H groups in total. The molecule has 0 aliphatic carbocycles. The molecule has 0 fully saturated rings. The van der Waals surface area contributed by atoms with Crippen molar-refractivity contribution in [3.05, 3.63) is 69.6 Å². The van der Waals surface area contributed by atoms with Crippen LogP contribution in [0.15, 0.2) is 52.1 Å². The fourth-order valence-electron chi connectivity index (χ4n) is 2.99. The van der Waals surface area contributed by atoms with E-state index < -0.39 is 10.8 Å². The highest BCUT2D eigenvalue weighted by molar-refractivity contribution is 7.99. The van der Waals surface area contributed by atoms with Crippen molar-refractivity contribution in [3.8, 4) is 5.75 Å². The van der Waals surface area contributed by atoms with Gasteiger partial charge in [0.1, 0.15) is 11.4 Å². The molecule has 10 heteroatoms. The Hall–Kier alpha value is -3.40. The number of benzene rings is 2. The van der Waals surface area contributed by atoms with E-state index in [9.17, 15) is 14.9 Å². The number of nitrogens with one attached hydrogen (secondary N) is 1. The number of para-hydroxylation sites is 2. The average molecular weight is 442 g/mol. The third-order valence-electron chi connectivity index (χ3n) is 4.47. The van der Waals surface area contributed by atoms with Crippen LogP contribution in [0.1, 0.15) is 23.4 Å². The molecule has 1 aromatic heterocycles. The Bertz CT molecular complexity index is 1070. The van der Waals surface area contributed by atoms with Gasteiger partial charge in [-0.2, -0.15) is 0 Å². The molecule has 0 aliphatic heterocycles. The van der Waals surface area contributed by atoms with E-state index in [1.807, 2.05) is 19.1 Å². The van der Waals surface area contributed by atoms with E-state index in [1.54, 1.807) is 13.2 Å². The Morgan fingerprint density at radius 3 is 2.77 bits per heavy atom. The predicted molar refractivity (Wildman–Crippen MR) is 117 cm³/mol. The third-order valence-corrected chi connectivity index (χ3v) is 5.28.